The van der Waals surface area contributed by atoms with Gasteiger partial charge in [-0.3, -0.25) is 0 Å². The number of aromatic hydroxyl groups is 3. The first kappa shape index (κ1) is 23.4. The molecule has 0 radical (unpaired) electrons. The number of hydrogen-bond donors (Lipinski definition) is 3. The van der Waals surface area contributed by atoms with Crippen LogP contribution in [0, 0.1) is 0 Å². The van der Waals surface area contributed by atoms with E-state index in [1.807, 2.05) is 0 Å². The summed E-state index contributed by atoms with van der Waals surface area (Å²) in [5.41, 5.74) is -1.43. The Kier molecular flexibility index (Phi) is 5.94. The first-order valence-corrected chi connectivity index (χ1v) is 11.0. The van der Waals surface area contributed by atoms with E-state index in [0.717, 1.165) is 6.07 Å². The van der Waals surface area contributed by atoms with E-state index in [9.17, 15) is 29.7 Å². The van der Waals surface area contributed by atoms with Gasteiger partial charge in [-0.2, -0.15) is 0 Å². The molecule has 0 aliphatic heterocycles. The Morgan fingerprint density at radius 2 is 0.946 bits per heavy atom. The van der Waals surface area contributed by atoms with Crippen molar-refractivity contribution in [2.45, 2.75) is 6.42 Å². The molecule has 3 aromatic heterocycles. The van der Waals surface area contributed by atoms with Crippen LogP contribution in [0.1, 0.15) is 11.1 Å². The van der Waals surface area contributed by atoms with Crippen LogP contribution in [-0.4, -0.2) is 15.3 Å². The van der Waals surface area contributed by atoms with E-state index >= 15 is 0 Å². The summed E-state index contributed by atoms with van der Waals surface area (Å²) in [6.45, 7) is 0. The summed E-state index contributed by atoms with van der Waals surface area (Å²) in [6, 6.07) is 20.9. The van der Waals surface area contributed by atoms with Gasteiger partial charge in [-0.1, -0.05) is 36.4 Å². The van der Waals surface area contributed by atoms with Gasteiger partial charge in [0.2, 0.25) is 0 Å². The Balaban J connectivity index is 0.000000195. The third-order valence-electron chi connectivity index (χ3n) is 5.74. The molecule has 3 heterocycles. The van der Waals surface area contributed by atoms with Gasteiger partial charge in [0.05, 0.1) is 33.4 Å². The van der Waals surface area contributed by atoms with E-state index in [0.29, 0.717) is 21.7 Å². The largest absolute Gasteiger partial charge is 0.507 e. The van der Waals surface area contributed by atoms with E-state index in [2.05, 4.69) is 0 Å². The van der Waals surface area contributed by atoms with E-state index in [1.165, 1.54) is 0 Å². The van der Waals surface area contributed by atoms with Gasteiger partial charge in [-0.25, -0.2) is 14.4 Å². The third kappa shape index (κ3) is 4.41. The van der Waals surface area contributed by atoms with Gasteiger partial charge in [0.1, 0.15) is 34.0 Å². The fourth-order valence-corrected chi connectivity index (χ4v) is 3.93. The molecule has 0 bridgehead atoms. The molecule has 0 fully saturated rings. The van der Waals surface area contributed by atoms with Gasteiger partial charge in [0.15, 0.2) is 0 Å². The lowest BCUT2D eigenvalue weighted by atomic mass is 10.0. The Morgan fingerprint density at radius 1 is 0.541 bits per heavy atom. The lowest BCUT2D eigenvalue weighted by Crippen LogP contribution is -2.14. The minimum atomic E-state index is -0.775. The summed E-state index contributed by atoms with van der Waals surface area (Å²) < 4.78 is 15.2. The van der Waals surface area contributed by atoms with Crippen molar-refractivity contribution in [3.8, 4) is 17.2 Å². The number of benzene rings is 3. The van der Waals surface area contributed by atoms with Crippen molar-refractivity contribution in [3.05, 3.63) is 121 Å². The van der Waals surface area contributed by atoms with Crippen molar-refractivity contribution < 1.29 is 28.6 Å². The van der Waals surface area contributed by atoms with Crippen molar-refractivity contribution in [2.24, 2.45) is 0 Å². The topological polar surface area (TPSA) is 151 Å². The molecule has 3 N–H and O–H groups in total. The molecule has 0 aliphatic rings. The average molecular weight is 498 g/mol. The van der Waals surface area contributed by atoms with Gasteiger partial charge < -0.3 is 28.6 Å². The minimum absolute atomic E-state index is 0.0400. The molecule has 0 atom stereocenters. The predicted octanol–water partition coefficient (Wildman–Crippen LogP) is 4.40. The first-order valence-electron chi connectivity index (χ1n) is 11.0. The highest BCUT2D eigenvalue weighted by Gasteiger charge is 2.20. The predicted molar refractivity (Wildman–Crippen MR) is 135 cm³/mol. The Labute approximate surface area is 206 Å². The van der Waals surface area contributed by atoms with E-state index in [-0.39, 0.29) is 46.0 Å². The van der Waals surface area contributed by atoms with Gasteiger partial charge >= 0.3 is 16.9 Å². The van der Waals surface area contributed by atoms with E-state index in [1.54, 1.807) is 72.8 Å². The van der Waals surface area contributed by atoms with Crippen molar-refractivity contribution in [1.82, 2.24) is 0 Å². The number of hydrogen-bond acceptors (Lipinski definition) is 9. The third-order valence-corrected chi connectivity index (χ3v) is 5.74. The second-order valence-corrected chi connectivity index (χ2v) is 8.05. The molecule has 9 nitrogen and oxygen atoms in total. The van der Waals surface area contributed by atoms with Crippen LogP contribution in [0.4, 0.5) is 0 Å². The fourth-order valence-electron chi connectivity index (χ4n) is 3.93. The maximum absolute atomic E-state index is 12.2. The van der Waals surface area contributed by atoms with Crippen LogP contribution in [-0.2, 0) is 6.42 Å². The van der Waals surface area contributed by atoms with Gasteiger partial charge in [0, 0.05) is 6.42 Å². The van der Waals surface area contributed by atoms with E-state index < -0.39 is 16.9 Å². The van der Waals surface area contributed by atoms with Crippen LogP contribution in [0.3, 0.4) is 0 Å². The summed E-state index contributed by atoms with van der Waals surface area (Å²) in [6.07, 6.45) is -0.308. The van der Waals surface area contributed by atoms with Gasteiger partial charge in [-0.05, 0) is 36.4 Å². The maximum atomic E-state index is 12.2. The molecule has 3 aromatic carbocycles. The first-order chi connectivity index (χ1) is 17.8. The molecule has 0 aliphatic carbocycles. The average Bonchev–Trinajstić information content (AvgIpc) is 2.88. The second kappa shape index (κ2) is 9.38. The molecule has 0 amide bonds. The van der Waals surface area contributed by atoms with Gasteiger partial charge in [0.25, 0.3) is 0 Å². The Bertz CT molecular complexity index is 1860. The van der Waals surface area contributed by atoms with Crippen molar-refractivity contribution >= 4 is 32.9 Å². The number of fused-ring (bicyclic) bond motifs is 3. The summed E-state index contributed by atoms with van der Waals surface area (Å²) in [4.78, 5) is 35.2. The van der Waals surface area contributed by atoms with Crippen molar-refractivity contribution in [3.63, 3.8) is 0 Å². The number of rotatable bonds is 2. The standard InChI is InChI=1S/C19H12O6.C9H6O3/c20-16-10-5-1-3-7-14(10)24-18(22)12(16)9-13-17(21)11-6-2-4-8-15(11)25-19(13)23;10-7-5-9(11)12-8-4-2-1-3-6(7)8/h1-8,20-21H,9H2;1-5,10H. The highest BCUT2D eigenvalue weighted by atomic mass is 16.4. The minimum Gasteiger partial charge on any atom is -0.507 e. The lowest BCUT2D eigenvalue weighted by molar-refractivity contribution is 0.448. The molecular formula is C28H18O9. The quantitative estimate of drug-likeness (QED) is 0.295. The zero-order valence-corrected chi connectivity index (χ0v) is 19.0. The van der Waals surface area contributed by atoms with Crippen LogP contribution in [0.5, 0.6) is 17.2 Å². The highest BCUT2D eigenvalue weighted by Crippen LogP contribution is 2.31. The molecular weight excluding hydrogens is 480 g/mol. The smallest absolute Gasteiger partial charge is 0.343 e. The van der Waals surface area contributed by atoms with Gasteiger partial charge in [-0.15, -0.1) is 0 Å². The molecule has 6 rings (SSSR count). The Morgan fingerprint density at radius 3 is 1.43 bits per heavy atom. The molecule has 6 aromatic rings. The van der Waals surface area contributed by atoms with Crippen LogP contribution in [0.25, 0.3) is 32.9 Å². The number of para-hydroxylation sites is 3. The zero-order valence-electron chi connectivity index (χ0n) is 19.0. The zero-order chi connectivity index (χ0) is 26.1. The van der Waals surface area contributed by atoms with Crippen LogP contribution < -0.4 is 16.9 Å². The summed E-state index contributed by atoms with van der Waals surface area (Å²) in [7, 11) is 0. The van der Waals surface area contributed by atoms with Crippen LogP contribution in [0.15, 0.2) is 106 Å². The summed E-state index contributed by atoms with van der Waals surface area (Å²) in [5.74, 6) is -0.598. The molecule has 184 valence electrons. The van der Waals surface area contributed by atoms with Crippen molar-refractivity contribution in [1.29, 1.82) is 0 Å². The molecule has 0 saturated heterocycles. The monoisotopic (exact) mass is 498 g/mol. The van der Waals surface area contributed by atoms with Crippen molar-refractivity contribution in [2.75, 3.05) is 0 Å². The maximum Gasteiger partial charge on any atom is 0.343 e. The molecule has 9 heteroatoms. The SMILES string of the molecule is O=c1cc(O)c2ccccc2o1.O=c1oc2ccccc2c(O)c1Cc1c(O)c2ccccc2oc1=O. The molecule has 37 heavy (non-hydrogen) atoms. The fraction of sp³-hybridized carbons (Fsp3) is 0.0357. The van der Waals surface area contributed by atoms with E-state index in [4.69, 9.17) is 13.3 Å². The normalized spacial score (nSPS) is 10.9. The second-order valence-electron chi connectivity index (χ2n) is 8.05. The summed E-state index contributed by atoms with van der Waals surface area (Å²) >= 11 is 0. The lowest BCUT2D eigenvalue weighted by Gasteiger charge is -2.08. The van der Waals surface area contributed by atoms with Crippen LogP contribution in [0.2, 0.25) is 0 Å². The molecule has 0 unspecified atom stereocenters. The molecule has 0 saturated carbocycles. The van der Waals surface area contributed by atoms with Crippen LogP contribution >= 0.6 is 0 Å². The Hall–Kier alpha value is -5.31. The summed E-state index contributed by atoms with van der Waals surface area (Å²) in [5, 5.41) is 31.4. The molecule has 0 spiro atoms. The highest BCUT2D eigenvalue weighted by molar-refractivity contribution is 5.86.